The van der Waals surface area contributed by atoms with Crippen LogP contribution in [0.5, 0.6) is 0 Å². The topological polar surface area (TPSA) is 76.2 Å². The zero-order chi connectivity index (χ0) is 17.4. The van der Waals surface area contributed by atoms with Crippen molar-refractivity contribution in [3.8, 4) is 11.3 Å². The number of aromatic carboxylic acids is 1. The number of carboxylic acids is 1. The van der Waals surface area contributed by atoms with E-state index in [4.69, 9.17) is 16.7 Å². The molecule has 10 heteroatoms. The summed E-state index contributed by atoms with van der Waals surface area (Å²) in [6.45, 7) is 0. The third-order valence-corrected chi connectivity index (χ3v) is 4.49. The molecule has 124 valence electrons. The van der Waals surface area contributed by atoms with Gasteiger partial charge in [-0.25, -0.2) is 4.79 Å². The Morgan fingerprint density at radius 2 is 1.87 bits per heavy atom. The van der Waals surface area contributed by atoms with Gasteiger partial charge in [0, 0.05) is 16.7 Å². The average Bonchev–Trinajstić information content (AvgIpc) is 2.92. The number of benzene rings is 1. The number of carboxylic acid groups (broad SMARTS) is 1. The third-order valence-electron chi connectivity index (χ3n) is 2.85. The summed E-state index contributed by atoms with van der Waals surface area (Å²) in [5.41, 5.74) is -0.628. The highest BCUT2D eigenvalue weighted by molar-refractivity contribution is 7.92. The van der Waals surface area contributed by atoms with E-state index in [9.17, 15) is 26.9 Å². The zero-order valence-corrected chi connectivity index (χ0v) is 12.6. The molecule has 1 heterocycles. The van der Waals surface area contributed by atoms with Gasteiger partial charge in [-0.15, -0.1) is 8.78 Å². The molecular formula is C13H8ClF4NO3S. The van der Waals surface area contributed by atoms with Crippen molar-refractivity contribution in [1.29, 1.82) is 0 Å². The molecule has 1 aromatic heterocycles. The van der Waals surface area contributed by atoms with Crippen molar-refractivity contribution in [2.75, 3.05) is 0 Å². The van der Waals surface area contributed by atoms with Crippen LogP contribution in [0.1, 0.15) is 10.5 Å². The van der Waals surface area contributed by atoms with Crippen molar-refractivity contribution in [2.45, 2.75) is 16.6 Å². The molecule has 0 bridgehead atoms. The Labute approximate surface area is 135 Å². The Balaban J connectivity index is 2.58. The van der Waals surface area contributed by atoms with Crippen molar-refractivity contribution in [2.24, 2.45) is 0 Å². The van der Waals surface area contributed by atoms with Gasteiger partial charge in [0.15, 0.2) is 4.90 Å². The van der Waals surface area contributed by atoms with Crippen LogP contribution in [0.25, 0.3) is 11.3 Å². The summed E-state index contributed by atoms with van der Waals surface area (Å²) in [5.74, 6) is -1.51. The minimum absolute atomic E-state index is 0.176. The molecule has 1 unspecified atom stereocenters. The van der Waals surface area contributed by atoms with E-state index in [1.165, 1.54) is 24.3 Å². The molecule has 0 aliphatic carbocycles. The minimum atomic E-state index is -4.82. The van der Waals surface area contributed by atoms with Crippen LogP contribution < -0.4 is 0 Å². The third kappa shape index (κ3) is 3.46. The van der Waals surface area contributed by atoms with Crippen LogP contribution in [0.4, 0.5) is 17.6 Å². The van der Waals surface area contributed by atoms with Gasteiger partial charge in [-0.1, -0.05) is 23.7 Å². The van der Waals surface area contributed by atoms with E-state index in [1.54, 1.807) is 0 Å². The summed E-state index contributed by atoms with van der Waals surface area (Å²) in [4.78, 5) is 12.5. The zero-order valence-electron chi connectivity index (χ0n) is 11.0. The first kappa shape index (κ1) is 17.6. The van der Waals surface area contributed by atoms with Crippen LogP contribution in [-0.2, 0) is 11.2 Å². The van der Waals surface area contributed by atoms with Gasteiger partial charge in [-0.05, 0) is 12.1 Å². The maximum Gasteiger partial charge on any atom is 0.473 e. The lowest BCUT2D eigenvalue weighted by Gasteiger charge is -2.19. The van der Waals surface area contributed by atoms with Gasteiger partial charge < -0.3 is 14.6 Å². The molecule has 1 atom stereocenters. The van der Waals surface area contributed by atoms with Gasteiger partial charge in [0.2, 0.25) is 0 Å². The number of carbonyl (C=O) groups is 1. The number of hydrogen-bond donors (Lipinski definition) is 2. The van der Waals surface area contributed by atoms with Crippen LogP contribution in [-0.4, -0.2) is 32.3 Å². The Morgan fingerprint density at radius 3 is 2.35 bits per heavy atom. The second-order valence-electron chi connectivity index (χ2n) is 4.37. The maximum absolute atomic E-state index is 13.4. The minimum Gasteiger partial charge on any atom is -0.606 e. The normalized spacial score (nSPS) is 13.3. The molecule has 2 rings (SSSR count). The molecule has 0 aliphatic rings. The summed E-state index contributed by atoms with van der Waals surface area (Å²) in [7, 11) is 0. The summed E-state index contributed by atoms with van der Waals surface area (Å²) in [5, 5.41) is 4.42. The van der Waals surface area contributed by atoms with Gasteiger partial charge in [0.1, 0.15) is 11.4 Å². The predicted octanol–water partition coefficient (Wildman–Crippen LogP) is 4.00. The van der Waals surface area contributed by atoms with Crippen LogP contribution in [0.3, 0.4) is 0 Å². The van der Waals surface area contributed by atoms with E-state index >= 15 is 0 Å². The Bertz CT molecular complexity index is 721. The number of H-pyrrole nitrogens is 1. The van der Waals surface area contributed by atoms with E-state index in [-0.39, 0.29) is 11.3 Å². The van der Waals surface area contributed by atoms with Gasteiger partial charge in [-0.2, -0.15) is 8.78 Å². The lowest BCUT2D eigenvalue weighted by atomic mass is 10.2. The number of halogens is 5. The number of alkyl halides is 4. The molecule has 1 aromatic carbocycles. The highest BCUT2D eigenvalue weighted by atomic mass is 35.5. The fraction of sp³-hybridized carbons (Fsp3) is 0.154. The number of aromatic nitrogens is 1. The largest absolute Gasteiger partial charge is 0.606 e. The maximum atomic E-state index is 13.4. The molecule has 2 N–H and O–H groups in total. The lowest BCUT2D eigenvalue weighted by molar-refractivity contribution is -0.0636. The molecule has 0 radical (unpaired) electrons. The highest BCUT2D eigenvalue weighted by Gasteiger charge is 2.55. The monoisotopic (exact) mass is 369 g/mol. The summed E-state index contributed by atoms with van der Waals surface area (Å²) < 4.78 is 63.4. The van der Waals surface area contributed by atoms with Crippen LogP contribution in [0, 0.1) is 0 Å². The van der Waals surface area contributed by atoms with Crippen molar-refractivity contribution >= 4 is 28.7 Å². The summed E-state index contributed by atoms with van der Waals surface area (Å²) in [6, 6.07) is 6.12. The Morgan fingerprint density at radius 1 is 1.30 bits per heavy atom. The van der Waals surface area contributed by atoms with Crippen molar-refractivity contribution in [3.05, 3.63) is 41.0 Å². The second-order valence-corrected chi connectivity index (χ2v) is 6.32. The van der Waals surface area contributed by atoms with E-state index in [1.807, 2.05) is 0 Å². The van der Waals surface area contributed by atoms with Gasteiger partial charge in [-0.3, -0.25) is 0 Å². The van der Waals surface area contributed by atoms with Crippen molar-refractivity contribution < 1.29 is 32.0 Å². The van der Waals surface area contributed by atoms with E-state index in [2.05, 4.69) is 4.98 Å². The first-order chi connectivity index (χ1) is 10.6. The first-order valence-electron chi connectivity index (χ1n) is 5.94. The smallest absolute Gasteiger partial charge is 0.473 e. The number of nitrogens with one attached hydrogen (secondary N) is 1. The molecule has 0 spiro atoms. The predicted molar refractivity (Wildman–Crippen MR) is 75.6 cm³/mol. The summed E-state index contributed by atoms with van der Waals surface area (Å²) in [6.07, 6.45) is -4.16. The van der Waals surface area contributed by atoms with Crippen LogP contribution >= 0.6 is 11.6 Å². The van der Waals surface area contributed by atoms with Crippen molar-refractivity contribution in [3.63, 3.8) is 0 Å². The van der Waals surface area contributed by atoms with E-state index in [0.717, 1.165) is 0 Å². The van der Waals surface area contributed by atoms with Crippen LogP contribution in [0.15, 0.2) is 35.2 Å². The number of aromatic amines is 1. The molecule has 2 aromatic rings. The van der Waals surface area contributed by atoms with Gasteiger partial charge in [0.25, 0.3) is 0 Å². The molecule has 0 saturated carbocycles. The molecule has 4 nitrogen and oxygen atoms in total. The van der Waals surface area contributed by atoms with Gasteiger partial charge >= 0.3 is 17.6 Å². The number of rotatable bonds is 5. The Hall–Kier alpha value is -1.71. The van der Waals surface area contributed by atoms with Crippen LogP contribution in [0.2, 0.25) is 5.02 Å². The SMILES string of the molecule is O=C(O)c1cc([S+]([O-])C(F)(F)C(F)F)c(-c2ccc(Cl)cc2)[nH]1. The molecule has 0 saturated heterocycles. The van der Waals surface area contributed by atoms with E-state index in [0.29, 0.717) is 11.1 Å². The Kier molecular flexibility index (Phi) is 4.92. The molecule has 0 amide bonds. The van der Waals surface area contributed by atoms with Gasteiger partial charge in [0.05, 0.1) is 11.2 Å². The lowest BCUT2D eigenvalue weighted by Crippen LogP contribution is -2.36. The summed E-state index contributed by atoms with van der Waals surface area (Å²) >= 11 is 2.24. The first-order valence-corrected chi connectivity index (χ1v) is 7.47. The fourth-order valence-corrected chi connectivity index (χ4v) is 2.92. The molecule has 0 fully saturated rings. The standard InChI is InChI=1S/C13H8ClF4NO3S/c14-7-3-1-6(2-4-7)10-9(5-8(19-10)11(20)21)23(22)13(17,18)12(15)16/h1-5,12,19H,(H,20,21). The van der Waals surface area contributed by atoms with Crippen molar-refractivity contribution in [1.82, 2.24) is 4.98 Å². The second kappa shape index (κ2) is 6.42. The molecule has 0 aliphatic heterocycles. The molecular weight excluding hydrogens is 362 g/mol. The number of hydrogen-bond acceptors (Lipinski definition) is 2. The quantitative estimate of drug-likeness (QED) is 0.618. The highest BCUT2D eigenvalue weighted by Crippen LogP contribution is 2.39. The average molecular weight is 370 g/mol. The van der Waals surface area contributed by atoms with E-state index < -0.39 is 39.4 Å². The fourth-order valence-electron chi connectivity index (χ4n) is 1.76. The molecule has 23 heavy (non-hydrogen) atoms.